The average Bonchev–Trinajstić information content (AvgIpc) is 2.83. The Balaban J connectivity index is 1.23. The number of ether oxygens (including phenoxy) is 1. The molecule has 0 unspecified atom stereocenters. The summed E-state index contributed by atoms with van der Waals surface area (Å²) in [5.41, 5.74) is 1.33. The molecule has 2 aliphatic heterocycles. The minimum absolute atomic E-state index is 0.0215. The van der Waals surface area contributed by atoms with Gasteiger partial charge in [0.1, 0.15) is 5.75 Å². The predicted molar refractivity (Wildman–Crippen MR) is 131 cm³/mol. The van der Waals surface area contributed by atoms with Crippen molar-refractivity contribution >= 4 is 40.7 Å². The van der Waals surface area contributed by atoms with Gasteiger partial charge in [-0.25, -0.2) is 0 Å². The van der Waals surface area contributed by atoms with Crippen LogP contribution in [0.2, 0.25) is 10.0 Å². The zero-order valence-electron chi connectivity index (χ0n) is 18.7. The number of carbonyl (C=O) groups excluding carboxylic acids is 2. The van der Waals surface area contributed by atoms with Gasteiger partial charge in [0.15, 0.2) is 0 Å². The Kier molecular flexibility index (Phi) is 7.78. The smallest absolute Gasteiger partial charge is 0.253 e. The summed E-state index contributed by atoms with van der Waals surface area (Å²) in [7, 11) is 1.62. The fourth-order valence-corrected chi connectivity index (χ4v) is 5.27. The van der Waals surface area contributed by atoms with Crippen LogP contribution in [-0.2, 0) is 4.79 Å². The van der Waals surface area contributed by atoms with Gasteiger partial charge in [-0.2, -0.15) is 0 Å². The highest BCUT2D eigenvalue weighted by molar-refractivity contribution is 6.35. The standard InChI is InChI=1S/C25H29Cl2N3O3/c1-33-23-4-2-21(3-5-23)28-24(31)17-6-10-29(11-7-17)22-8-12-30(13-9-22)25(32)18-14-19(26)16-20(27)15-18/h2-5,14-17,22H,6-13H2,1H3,(H,28,31). The highest BCUT2D eigenvalue weighted by atomic mass is 35.5. The van der Waals surface area contributed by atoms with Crippen LogP contribution in [0.1, 0.15) is 36.0 Å². The molecule has 0 aliphatic carbocycles. The zero-order chi connectivity index (χ0) is 23.4. The van der Waals surface area contributed by atoms with Crippen LogP contribution in [0.25, 0.3) is 0 Å². The molecule has 2 aromatic rings. The van der Waals surface area contributed by atoms with Crippen LogP contribution in [0.15, 0.2) is 42.5 Å². The average molecular weight is 490 g/mol. The van der Waals surface area contributed by atoms with Crippen LogP contribution in [-0.4, -0.2) is 60.9 Å². The second-order valence-electron chi connectivity index (χ2n) is 8.71. The topological polar surface area (TPSA) is 61.9 Å². The van der Waals surface area contributed by atoms with Crippen LogP contribution in [0, 0.1) is 5.92 Å². The summed E-state index contributed by atoms with van der Waals surface area (Å²) in [5.74, 6) is 0.857. The molecule has 0 saturated carbocycles. The van der Waals surface area contributed by atoms with E-state index in [0.717, 1.165) is 50.2 Å². The molecule has 176 valence electrons. The van der Waals surface area contributed by atoms with Crippen LogP contribution >= 0.6 is 23.2 Å². The fourth-order valence-electron chi connectivity index (χ4n) is 4.74. The van der Waals surface area contributed by atoms with Crippen molar-refractivity contribution in [2.24, 2.45) is 5.92 Å². The highest BCUT2D eigenvalue weighted by Crippen LogP contribution is 2.27. The van der Waals surface area contributed by atoms with Gasteiger partial charge in [-0.3, -0.25) is 9.59 Å². The Morgan fingerprint density at radius 2 is 1.52 bits per heavy atom. The van der Waals surface area contributed by atoms with Crippen LogP contribution in [0.5, 0.6) is 5.75 Å². The van der Waals surface area contributed by atoms with Crippen molar-refractivity contribution in [3.63, 3.8) is 0 Å². The maximum Gasteiger partial charge on any atom is 0.253 e. The summed E-state index contributed by atoms with van der Waals surface area (Å²) in [6.07, 6.45) is 3.57. The SMILES string of the molecule is COc1ccc(NC(=O)C2CCN(C3CCN(C(=O)c4cc(Cl)cc(Cl)c4)CC3)CC2)cc1. The maximum atomic E-state index is 12.8. The molecule has 2 amide bonds. The summed E-state index contributed by atoms with van der Waals surface area (Å²) in [6.45, 7) is 3.24. The van der Waals surface area contributed by atoms with E-state index < -0.39 is 0 Å². The lowest BCUT2D eigenvalue weighted by molar-refractivity contribution is -0.121. The molecule has 2 heterocycles. The van der Waals surface area contributed by atoms with E-state index >= 15 is 0 Å². The largest absolute Gasteiger partial charge is 0.497 e. The number of halogens is 2. The summed E-state index contributed by atoms with van der Waals surface area (Å²) < 4.78 is 5.16. The van der Waals surface area contributed by atoms with Crippen molar-refractivity contribution in [1.82, 2.24) is 9.80 Å². The second-order valence-corrected chi connectivity index (χ2v) is 9.58. The minimum Gasteiger partial charge on any atom is -0.497 e. The first-order valence-electron chi connectivity index (χ1n) is 11.4. The van der Waals surface area contributed by atoms with Crippen molar-refractivity contribution in [3.05, 3.63) is 58.1 Å². The van der Waals surface area contributed by atoms with E-state index in [1.165, 1.54) is 0 Å². The van der Waals surface area contributed by atoms with Crippen molar-refractivity contribution in [2.45, 2.75) is 31.7 Å². The molecule has 6 nitrogen and oxygen atoms in total. The number of nitrogens with one attached hydrogen (secondary N) is 1. The third-order valence-electron chi connectivity index (χ3n) is 6.64. The molecule has 0 aromatic heterocycles. The quantitative estimate of drug-likeness (QED) is 0.644. The molecule has 4 rings (SSSR count). The number of hydrogen-bond acceptors (Lipinski definition) is 4. The maximum absolute atomic E-state index is 12.8. The van der Waals surface area contributed by atoms with Gasteiger partial charge in [-0.15, -0.1) is 0 Å². The van der Waals surface area contributed by atoms with Gasteiger partial charge in [0.25, 0.3) is 5.91 Å². The minimum atomic E-state index is -0.0215. The van der Waals surface area contributed by atoms with E-state index in [0.29, 0.717) is 34.7 Å². The first kappa shape index (κ1) is 23.9. The molecule has 33 heavy (non-hydrogen) atoms. The molecule has 2 aliphatic rings. The van der Waals surface area contributed by atoms with Crippen LogP contribution in [0.4, 0.5) is 5.69 Å². The van der Waals surface area contributed by atoms with Gasteiger partial charge < -0.3 is 19.9 Å². The first-order valence-corrected chi connectivity index (χ1v) is 12.1. The summed E-state index contributed by atoms with van der Waals surface area (Å²) in [5, 5.41) is 3.97. The molecule has 8 heteroatoms. The number of nitrogens with zero attached hydrogens (tertiary/aromatic N) is 2. The lowest BCUT2D eigenvalue weighted by Gasteiger charge is -2.41. The molecule has 0 atom stereocenters. The Hall–Kier alpha value is -2.28. The Labute approximate surface area is 204 Å². The lowest BCUT2D eigenvalue weighted by atomic mass is 9.92. The number of hydrogen-bond donors (Lipinski definition) is 1. The number of carbonyl (C=O) groups is 2. The van der Waals surface area contributed by atoms with Crippen molar-refractivity contribution < 1.29 is 14.3 Å². The number of benzene rings is 2. The molecule has 0 spiro atoms. The van der Waals surface area contributed by atoms with Crippen molar-refractivity contribution in [2.75, 3.05) is 38.6 Å². The number of piperidine rings is 2. The third kappa shape index (κ3) is 5.99. The van der Waals surface area contributed by atoms with E-state index in [1.54, 1.807) is 25.3 Å². The third-order valence-corrected chi connectivity index (χ3v) is 7.07. The predicted octanol–water partition coefficient (Wildman–Crippen LogP) is 4.96. The monoisotopic (exact) mass is 489 g/mol. The van der Waals surface area contributed by atoms with E-state index in [1.807, 2.05) is 29.2 Å². The van der Waals surface area contributed by atoms with Gasteiger partial charge in [-0.05, 0) is 81.2 Å². The van der Waals surface area contributed by atoms with E-state index in [4.69, 9.17) is 27.9 Å². The lowest BCUT2D eigenvalue weighted by Crippen LogP contribution is -2.49. The van der Waals surface area contributed by atoms with E-state index in [9.17, 15) is 9.59 Å². The molecule has 2 saturated heterocycles. The van der Waals surface area contributed by atoms with Crippen molar-refractivity contribution in [1.29, 1.82) is 0 Å². The molecule has 1 N–H and O–H groups in total. The second kappa shape index (κ2) is 10.8. The van der Waals surface area contributed by atoms with Gasteiger partial charge >= 0.3 is 0 Å². The van der Waals surface area contributed by atoms with E-state index in [2.05, 4.69) is 10.2 Å². The van der Waals surface area contributed by atoms with Crippen molar-refractivity contribution in [3.8, 4) is 5.75 Å². The Morgan fingerprint density at radius 1 is 0.909 bits per heavy atom. The number of methoxy groups -OCH3 is 1. The normalized spacial score (nSPS) is 18.2. The van der Waals surface area contributed by atoms with Crippen LogP contribution in [0.3, 0.4) is 0 Å². The molecule has 0 radical (unpaired) electrons. The first-order chi connectivity index (χ1) is 15.9. The molecule has 2 fully saturated rings. The summed E-state index contributed by atoms with van der Waals surface area (Å²) in [6, 6.07) is 12.8. The number of amides is 2. The summed E-state index contributed by atoms with van der Waals surface area (Å²) >= 11 is 12.1. The van der Waals surface area contributed by atoms with E-state index in [-0.39, 0.29) is 17.7 Å². The van der Waals surface area contributed by atoms with Gasteiger partial charge in [0.2, 0.25) is 5.91 Å². The number of likely N-dealkylation sites (tertiary alicyclic amines) is 2. The van der Waals surface area contributed by atoms with Gasteiger partial charge in [-0.1, -0.05) is 23.2 Å². The Morgan fingerprint density at radius 3 is 2.09 bits per heavy atom. The zero-order valence-corrected chi connectivity index (χ0v) is 20.2. The highest BCUT2D eigenvalue weighted by Gasteiger charge is 2.32. The fraction of sp³-hybridized carbons (Fsp3) is 0.440. The number of rotatable bonds is 5. The molecular formula is C25H29Cl2N3O3. The Bertz CT molecular complexity index is 963. The van der Waals surface area contributed by atoms with Gasteiger partial charge in [0.05, 0.1) is 7.11 Å². The van der Waals surface area contributed by atoms with Crippen LogP contribution < -0.4 is 10.1 Å². The number of anilines is 1. The summed E-state index contributed by atoms with van der Waals surface area (Å²) in [4.78, 5) is 29.9. The molecular weight excluding hydrogens is 461 g/mol. The molecule has 0 bridgehead atoms. The molecule has 2 aromatic carbocycles. The van der Waals surface area contributed by atoms with Gasteiger partial charge in [0, 0.05) is 46.3 Å².